The van der Waals surface area contributed by atoms with Gasteiger partial charge in [0, 0.05) is 6.42 Å². The molecule has 0 unspecified atom stereocenters. The number of carbonyl (C=O) groups excluding carboxylic acids is 3. The molecule has 1 amide bonds. The summed E-state index contributed by atoms with van der Waals surface area (Å²) in [6, 6.07) is 8.14. The van der Waals surface area contributed by atoms with Crippen molar-refractivity contribution in [2.75, 3.05) is 13.7 Å². The van der Waals surface area contributed by atoms with Crippen molar-refractivity contribution >= 4 is 17.8 Å². The normalized spacial score (nSPS) is 19.7. The maximum Gasteiger partial charge on any atom is 0.328 e. The fourth-order valence-electron chi connectivity index (χ4n) is 4.48. The summed E-state index contributed by atoms with van der Waals surface area (Å²) in [5.41, 5.74) is -0.375. The van der Waals surface area contributed by atoms with Gasteiger partial charge >= 0.3 is 11.9 Å². The van der Waals surface area contributed by atoms with Gasteiger partial charge in [0.25, 0.3) is 0 Å². The number of rotatable bonds is 10. The molecular weight excluding hydrogens is 448 g/mol. The topological polar surface area (TPSA) is 94.2 Å². The highest BCUT2D eigenvalue weighted by Crippen LogP contribution is 2.39. The summed E-state index contributed by atoms with van der Waals surface area (Å²) in [6.07, 6.45) is 0.710. The number of benzene rings is 1. The monoisotopic (exact) mass is 490 g/mol. The van der Waals surface area contributed by atoms with Gasteiger partial charge in [-0.1, -0.05) is 44.2 Å². The van der Waals surface area contributed by atoms with E-state index in [4.69, 9.17) is 14.2 Å². The van der Waals surface area contributed by atoms with Crippen molar-refractivity contribution in [1.29, 1.82) is 0 Å². The summed E-state index contributed by atoms with van der Waals surface area (Å²) in [6.45, 7) is 13.6. The first-order chi connectivity index (χ1) is 16.2. The van der Waals surface area contributed by atoms with Gasteiger partial charge in [-0.2, -0.15) is 0 Å². The number of nitrogens with zero attached hydrogens (tertiary/aromatic N) is 1. The Kier molecular flexibility index (Phi) is 9.86. The Morgan fingerprint density at radius 3 is 2.34 bits per heavy atom. The Balaban J connectivity index is 2.38. The number of amides is 1. The highest BCUT2D eigenvalue weighted by Gasteiger charge is 2.48. The minimum Gasteiger partial charge on any atom is -0.467 e. The highest BCUT2D eigenvalue weighted by molar-refractivity contribution is 5.88. The summed E-state index contributed by atoms with van der Waals surface area (Å²) in [5, 5.41) is 2.90. The third kappa shape index (κ3) is 8.32. The second-order valence-electron chi connectivity index (χ2n) is 10.9. The summed E-state index contributed by atoms with van der Waals surface area (Å²) < 4.78 is 16.5. The van der Waals surface area contributed by atoms with Gasteiger partial charge in [0.2, 0.25) is 5.91 Å². The first-order valence-corrected chi connectivity index (χ1v) is 12.3. The number of esters is 2. The molecule has 1 saturated heterocycles. The van der Waals surface area contributed by atoms with Crippen LogP contribution in [0.5, 0.6) is 0 Å². The second-order valence-corrected chi connectivity index (χ2v) is 10.9. The molecule has 1 aromatic carbocycles. The smallest absolute Gasteiger partial charge is 0.328 e. The third-order valence-electron chi connectivity index (χ3n) is 5.93. The standard InChI is InChI=1S/C27H42N2O6/c1-18(2)16-20(25(32)33-8)28-24(31)21(14-15-23(30)35-26(3,4)5)29-22(17-34-27(29,6)7)19-12-10-9-11-13-19/h9-13,18,20-22H,14-17H2,1-8H3,(H,28,31)/t20-,21+,22+/m0/s1. The maximum atomic E-state index is 13.7. The zero-order chi connectivity index (χ0) is 26.4. The molecule has 0 bridgehead atoms. The number of carbonyl (C=O) groups is 3. The molecule has 0 radical (unpaired) electrons. The van der Waals surface area contributed by atoms with Crippen LogP contribution in [0.25, 0.3) is 0 Å². The van der Waals surface area contributed by atoms with Crippen LogP contribution in [0.4, 0.5) is 0 Å². The molecule has 1 heterocycles. The van der Waals surface area contributed by atoms with E-state index in [2.05, 4.69) is 5.32 Å². The lowest BCUT2D eigenvalue weighted by atomic mass is 9.98. The SMILES string of the molecule is COC(=O)[C@H](CC(C)C)NC(=O)[C@@H](CCC(=O)OC(C)(C)C)N1[C@@H](c2ccccc2)COC1(C)C. The number of methoxy groups -OCH3 is 1. The van der Waals surface area contributed by atoms with Gasteiger partial charge in [0.15, 0.2) is 0 Å². The molecular formula is C27H42N2O6. The molecule has 3 atom stereocenters. The van der Waals surface area contributed by atoms with E-state index < -0.39 is 29.4 Å². The molecule has 8 heteroatoms. The zero-order valence-electron chi connectivity index (χ0n) is 22.4. The molecule has 1 aliphatic rings. The number of nitrogens with one attached hydrogen (secondary N) is 1. The maximum absolute atomic E-state index is 13.7. The Hall–Kier alpha value is -2.45. The lowest BCUT2D eigenvalue weighted by Gasteiger charge is -2.40. The molecule has 0 aliphatic carbocycles. The number of hydrogen-bond acceptors (Lipinski definition) is 7. The van der Waals surface area contributed by atoms with E-state index in [-0.39, 0.29) is 36.7 Å². The quantitative estimate of drug-likeness (QED) is 0.496. The number of hydrogen-bond donors (Lipinski definition) is 1. The third-order valence-corrected chi connectivity index (χ3v) is 5.93. The summed E-state index contributed by atoms with van der Waals surface area (Å²) >= 11 is 0. The van der Waals surface area contributed by atoms with Crippen LogP contribution in [0.15, 0.2) is 30.3 Å². The summed E-state index contributed by atoms with van der Waals surface area (Å²) in [5.74, 6) is -1.04. The van der Waals surface area contributed by atoms with Crippen LogP contribution in [0.2, 0.25) is 0 Å². The van der Waals surface area contributed by atoms with Crippen molar-refractivity contribution in [2.45, 2.75) is 97.2 Å². The van der Waals surface area contributed by atoms with E-state index in [1.165, 1.54) is 7.11 Å². The molecule has 196 valence electrons. The van der Waals surface area contributed by atoms with Crippen molar-refractivity contribution in [3.8, 4) is 0 Å². The van der Waals surface area contributed by atoms with Crippen molar-refractivity contribution < 1.29 is 28.6 Å². The van der Waals surface area contributed by atoms with Crippen LogP contribution in [0.1, 0.15) is 79.3 Å². The van der Waals surface area contributed by atoms with Crippen LogP contribution in [-0.2, 0) is 28.6 Å². The van der Waals surface area contributed by atoms with Crippen LogP contribution in [-0.4, -0.2) is 59.9 Å². The Morgan fingerprint density at radius 1 is 1.17 bits per heavy atom. The molecule has 0 spiro atoms. The molecule has 1 fully saturated rings. The Labute approximate surface area is 209 Å². The number of ether oxygens (including phenoxy) is 3. The molecule has 0 saturated carbocycles. The lowest BCUT2D eigenvalue weighted by Crippen LogP contribution is -2.56. The zero-order valence-corrected chi connectivity index (χ0v) is 22.4. The minimum atomic E-state index is -0.779. The van der Waals surface area contributed by atoms with E-state index in [1.54, 1.807) is 0 Å². The highest BCUT2D eigenvalue weighted by atomic mass is 16.6. The predicted molar refractivity (Wildman–Crippen MR) is 133 cm³/mol. The fourth-order valence-corrected chi connectivity index (χ4v) is 4.48. The molecule has 8 nitrogen and oxygen atoms in total. The summed E-state index contributed by atoms with van der Waals surface area (Å²) in [7, 11) is 1.31. The van der Waals surface area contributed by atoms with E-state index in [9.17, 15) is 14.4 Å². The van der Waals surface area contributed by atoms with Gasteiger partial charge in [0.05, 0.1) is 25.8 Å². The molecule has 1 aromatic rings. The van der Waals surface area contributed by atoms with Crippen LogP contribution in [0, 0.1) is 5.92 Å². The Morgan fingerprint density at radius 2 is 1.80 bits per heavy atom. The predicted octanol–water partition coefficient (Wildman–Crippen LogP) is 3.99. The largest absolute Gasteiger partial charge is 0.467 e. The van der Waals surface area contributed by atoms with Gasteiger partial charge in [-0.25, -0.2) is 4.79 Å². The first kappa shape index (κ1) is 28.8. The average Bonchev–Trinajstić information content (AvgIpc) is 3.07. The Bertz CT molecular complexity index is 862. The van der Waals surface area contributed by atoms with Gasteiger partial charge < -0.3 is 19.5 Å². The van der Waals surface area contributed by atoms with Crippen molar-refractivity contribution in [2.24, 2.45) is 5.92 Å². The minimum absolute atomic E-state index is 0.0521. The lowest BCUT2D eigenvalue weighted by molar-refractivity contribution is -0.156. The van der Waals surface area contributed by atoms with Crippen LogP contribution < -0.4 is 5.32 Å². The van der Waals surface area contributed by atoms with Crippen LogP contribution in [0.3, 0.4) is 0 Å². The van der Waals surface area contributed by atoms with Gasteiger partial charge in [-0.05, 0) is 58.9 Å². The van der Waals surface area contributed by atoms with Gasteiger partial charge in [-0.3, -0.25) is 14.5 Å². The van der Waals surface area contributed by atoms with E-state index in [0.717, 1.165) is 5.56 Å². The first-order valence-electron chi connectivity index (χ1n) is 12.3. The van der Waals surface area contributed by atoms with E-state index >= 15 is 0 Å². The molecule has 35 heavy (non-hydrogen) atoms. The van der Waals surface area contributed by atoms with E-state index in [0.29, 0.717) is 13.0 Å². The van der Waals surface area contributed by atoms with Crippen molar-refractivity contribution in [3.63, 3.8) is 0 Å². The van der Waals surface area contributed by atoms with E-state index in [1.807, 2.05) is 83.7 Å². The molecule has 0 aromatic heterocycles. The van der Waals surface area contributed by atoms with Gasteiger partial charge in [0.1, 0.15) is 17.4 Å². The van der Waals surface area contributed by atoms with Gasteiger partial charge in [-0.15, -0.1) is 0 Å². The average molecular weight is 491 g/mol. The van der Waals surface area contributed by atoms with Crippen molar-refractivity contribution in [1.82, 2.24) is 10.2 Å². The fraction of sp³-hybridized carbons (Fsp3) is 0.667. The molecule has 2 rings (SSSR count). The molecule has 1 aliphatic heterocycles. The summed E-state index contributed by atoms with van der Waals surface area (Å²) in [4.78, 5) is 40.7. The van der Waals surface area contributed by atoms with Crippen LogP contribution >= 0.6 is 0 Å². The second kappa shape index (κ2) is 12.0. The molecule has 1 N–H and O–H groups in total. The van der Waals surface area contributed by atoms with Crippen molar-refractivity contribution in [3.05, 3.63) is 35.9 Å².